The lowest BCUT2D eigenvalue weighted by atomic mass is 10.2. The van der Waals surface area contributed by atoms with E-state index >= 15 is 0 Å². The molecule has 2 heterocycles. The van der Waals surface area contributed by atoms with Crippen LogP contribution in [-0.2, 0) is 14.8 Å². The molecule has 0 bridgehead atoms. The SMILES string of the molecule is O=C(O)CCl.O=S(=O)(c1cccc2cnccc12)N1CCCNCC1. The van der Waals surface area contributed by atoms with Crippen molar-refractivity contribution in [2.45, 2.75) is 11.3 Å². The van der Waals surface area contributed by atoms with Gasteiger partial charge in [-0.05, 0) is 25.1 Å². The molecule has 0 spiro atoms. The van der Waals surface area contributed by atoms with Crippen LogP contribution in [0.25, 0.3) is 10.8 Å². The van der Waals surface area contributed by atoms with Crippen molar-refractivity contribution in [1.82, 2.24) is 14.6 Å². The van der Waals surface area contributed by atoms with Gasteiger partial charge in [-0.2, -0.15) is 4.31 Å². The van der Waals surface area contributed by atoms with Crippen LogP contribution in [0.2, 0.25) is 0 Å². The van der Waals surface area contributed by atoms with Crippen molar-refractivity contribution in [2.24, 2.45) is 0 Å². The number of nitrogens with zero attached hydrogens (tertiary/aromatic N) is 2. The van der Waals surface area contributed by atoms with Gasteiger partial charge in [0.15, 0.2) is 0 Å². The van der Waals surface area contributed by atoms with Gasteiger partial charge in [0.25, 0.3) is 0 Å². The van der Waals surface area contributed by atoms with Gasteiger partial charge in [0.1, 0.15) is 5.88 Å². The molecule has 7 nitrogen and oxygen atoms in total. The van der Waals surface area contributed by atoms with E-state index in [1.54, 1.807) is 34.9 Å². The van der Waals surface area contributed by atoms with E-state index in [4.69, 9.17) is 16.7 Å². The van der Waals surface area contributed by atoms with Crippen LogP contribution < -0.4 is 5.32 Å². The minimum atomic E-state index is -3.45. The van der Waals surface area contributed by atoms with E-state index in [9.17, 15) is 13.2 Å². The number of carboxylic acids is 1. The Morgan fingerprint density at radius 2 is 2.04 bits per heavy atom. The predicted octanol–water partition coefficient (Wildman–Crippen LogP) is 1.53. The van der Waals surface area contributed by atoms with E-state index < -0.39 is 16.0 Å². The summed E-state index contributed by atoms with van der Waals surface area (Å²) >= 11 is 4.74. The summed E-state index contributed by atoms with van der Waals surface area (Å²) in [6.07, 6.45) is 4.16. The van der Waals surface area contributed by atoms with Gasteiger partial charge in [0.2, 0.25) is 10.0 Å². The number of benzene rings is 1. The van der Waals surface area contributed by atoms with Crippen LogP contribution in [0.15, 0.2) is 41.6 Å². The minimum Gasteiger partial charge on any atom is -0.480 e. The van der Waals surface area contributed by atoms with Crippen molar-refractivity contribution in [3.8, 4) is 0 Å². The van der Waals surface area contributed by atoms with Crippen molar-refractivity contribution < 1.29 is 18.3 Å². The van der Waals surface area contributed by atoms with E-state index in [1.807, 2.05) is 6.07 Å². The number of alkyl halides is 1. The summed E-state index contributed by atoms with van der Waals surface area (Å²) in [4.78, 5) is 13.7. The average Bonchev–Trinajstić information content (AvgIpc) is 2.91. The van der Waals surface area contributed by atoms with E-state index in [0.29, 0.717) is 24.5 Å². The molecule has 2 N–H and O–H groups in total. The smallest absolute Gasteiger partial charge is 0.318 e. The molecule has 1 aliphatic rings. The van der Waals surface area contributed by atoms with Gasteiger partial charge in [0.05, 0.1) is 4.90 Å². The molecule has 0 atom stereocenters. The number of hydrogen-bond acceptors (Lipinski definition) is 5. The quantitative estimate of drug-likeness (QED) is 0.777. The molecule has 2 aromatic rings. The molecule has 0 radical (unpaired) electrons. The molecule has 1 aliphatic heterocycles. The van der Waals surface area contributed by atoms with Crippen molar-refractivity contribution in [1.29, 1.82) is 0 Å². The second-order valence-electron chi connectivity index (χ2n) is 5.39. The number of carbonyl (C=O) groups is 1. The highest BCUT2D eigenvalue weighted by Gasteiger charge is 2.26. The minimum absolute atomic E-state index is 0.306. The Morgan fingerprint density at radius 1 is 1.28 bits per heavy atom. The Hall–Kier alpha value is -1.74. The fraction of sp³-hybridized carbons (Fsp3) is 0.375. The highest BCUT2D eigenvalue weighted by atomic mass is 35.5. The Labute approximate surface area is 151 Å². The number of nitrogens with one attached hydrogen (secondary N) is 1. The summed E-state index contributed by atoms with van der Waals surface area (Å²) in [5, 5.41) is 12.4. The number of pyridine rings is 1. The number of sulfonamides is 1. The fourth-order valence-corrected chi connectivity index (χ4v) is 4.21. The van der Waals surface area contributed by atoms with Crippen LogP contribution in [0.4, 0.5) is 0 Å². The summed E-state index contributed by atoms with van der Waals surface area (Å²) in [5.74, 6) is -1.29. The molecule has 25 heavy (non-hydrogen) atoms. The lowest BCUT2D eigenvalue weighted by molar-refractivity contribution is -0.134. The van der Waals surface area contributed by atoms with Gasteiger partial charge in [0, 0.05) is 42.8 Å². The number of aliphatic carboxylic acids is 1. The number of halogens is 1. The number of rotatable bonds is 3. The third-order valence-electron chi connectivity index (χ3n) is 3.67. The van der Waals surface area contributed by atoms with Crippen LogP contribution in [0.3, 0.4) is 0 Å². The van der Waals surface area contributed by atoms with E-state index in [0.717, 1.165) is 23.7 Å². The van der Waals surface area contributed by atoms with Gasteiger partial charge >= 0.3 is 5.97 Å². The number of hydrogen-bond donors (Lipinski definition) is 2. The highest BCUT2D eigenvalue weighted by molar-refractivity contribution is 7.89. The van der Waals surface area contributed by atoms with Gasteiger partial charge in [-0.1, -0.05) is 12.1 Å². The van der Waals surface area contributed by atoms with Gasteiger partial charge in [-0.15, -0.1) is 11.6 Å². The van der Waals surface area contributed by atoms with E-state index in [1.165, 1.54) is 0 Å². The summed E-state index contributed by atoms with van der Waals surface area (Å²) in [5.41, 5.74) is 0. The Morgan fingerprint density at radius 3 is 2.76 bits per heavy atom. The molecular formula is C16H20ClN3O4S. The maximum Gasteiger partial charge on any atom is 0.318 e. The lowest BCUT2D eigenvalue weighted by Gasteiger charge is -2.20. The van der Waals surface area contributed by atoms with Crippen molar-refractivity contribution in [2.75, 3.05) is 32.1 Å². The average molecular weight is 386 g/mol. The van der Waals surface area contributed by atoms with Crippen LogP contribution in [0.1, 0.15) is 6.42 Å². The third-order valence-corrected chi connectivity index (χ3v) is 5.86. The third kappa shape index (κ3) is 5.12. The molecule has 0 amide bonds. The monoisotopic (exact) mass is 385 g/mol. The molecule has 3 rings (SSSR count). The second-order valence-corrected chi connectivity index (χ2v) is 7.56. The van der Waals surface area contributed by atoms with Gasteiger partial charge in [-0.25, -0.2) is 8.42 Å². The zero-order valence-electron chi connectivity index (χ0n) is 13.6. The molecule has 1 fully saturated rings. The second kappa shape index (κ2) is 9.10. The molecule has 0 saturated carbocycles. The molecule has 136 valence electrons. The van der Waals surface area contributed by atoms with Crippen molar-refractivity contribution in [3.63, 3.8) is 0 Å². The molecule has 9 heteroatoms. The van der Waals surface area contributed by atoms with Crippen LogP contribution in [0.5, 0.6) is 0 Å². The molecular weight excluding hydrogens is 366 g/mol. The number of carboxylic acid groups (broad SMARTS) is 1. The fourth-order valence-electron chi connectivity index (χ4n) is 2.52. The topological polar surface area (TPSA) is 99.6 Å². The first-order chi connectivity index (χ1) is 12.0. The predicted molar refractivity (Wildman–Crippen MR) is 96.3 cm³/mol. The van der Waals surface area contributed by atoms with Gasteiger partial charge in [-0.3, -0.25) is 9.78 Å². The van der Waals surface area contributed by atoms with Crippen LogP contribution in [-0.4, -0.2) is 60.8 Å². The number of aromatic nitrogens is 1. The zero-order chi connectivity index (χ0) is 18.3. The standard InChI is InChI=1S/C14H17N3O2S.C2H3ClO2/c18-20(19,17-9-2-6-15-8-10-17)14-4-1-3-12-11-16-7-5-13(12)14;3-1-2(4)5/h1,3-5,7,11,15H,2,6,8-10H2;1H2,(H,4,5). The van der Waals surface area contributed by atoms with Crippen molar-refractivity contribution in [3.05, 3.63) is 36.7 Å². The maximum absolute atomic E-state index is 12.8. The summed E-state index contributed by atoms with van der Waals surface area (Å²) in [6.45, 7) is 2.65. The zero-order valence-corrected chi connectivity index (χ0v) is 15.1. The first-order valence-corrected chi connectivity index (χ1v) is 9.75. The number of fused-ring (bicyclic) bond motifs is 1. The summed E-state index contributed by atoms with van der Waals surface area (Å²) < 4.78 is 27.2. The molecule has 1 aromatic carbocycles. The van der Waals surface area contributed by atoms with E-state index in [2.05, 4.69) is 10.3 Å². The highest BCUT2D eigenvalue weighted by Crippen LogP contribution is 2.25. The Kier molecular flexibility index (Phi) is 7.12. The normalized spacial score (nSPS) is 15.9. The molecule has 0 unspecified atom stereocenters. The Balaban J connectivity index is 0.000000399. The first-order valence-electron chi connectivity index (χ1n) is 7.78. The molecule has 0 aliphatic carbocycles. The maximum atomic E-state index is 12.8. The van der Waals surface area contributed by atoms with Crippen LogP contribution in [0, 0.1) is 0 Å². The summed E-state index contributed by atoms with van der Waals surface area (Å²) in [6, 6.07) is 7.09. The lowest BCUT2D eigenvalue weighted by Crippen LogP contribution is -2.34. The molecule has 1 saturated heterocycles. The molecule has 1 aromatic heterocycles. The van der Waals surface area contributed by atoms with Gasteiger partial charge < -0.3 is 10.4 Å². The first kappa shape index (κ1) is 19.6. The largest absolute Gasteiger partial charge is 0.480 e. The van der Waals surface area contributed by atoms with E-state index in [-0.39, 0.29) is 5.88 Å². The van der Waals surface area contributed by atoms with Crippen LogP contribution >= 0.6 is 11.6 Å². The van der Waals surface area contributed by atoms with Crippen molar-refractivity contribution >= 4 is 38.4 Å². The Bertz CT molecular complexity index is 816. The summed E-state index contributed by atoms with van der Waals surface area (Å²) in [7, 11) is -3.45.